The quantitative estimate of drug-likeness (QED) is 0.536. The average molecular weight is 372 g/mol. The van der Waals surface area contributed by atoms with Crippen molar-refractivity contribution in [2.24, 2.45) is 17.8 Å². The second-order valence-corrected chi connectivity index (χ2v) is 7.28. The largest absolute Gasteiger partial charge is 0.469 e. The minimum Gasteiger partial charge on any atom is -0.469 e. The van der Waals surface area contributed by atoms with Crippen molar-refractivity contribution in [3.05, 3.63) is 0 Å². The fraction of sp³-hybridized carbons (Fsp3) is 0.765. The van der Waals surface area contributed by atoms with Gasteiger partial charge in [-0.25, -0.2) is 4.79 Å². The molecule has 2 amide bonds. The van der Waals surface area contributed by atoms with Gasteiger partial charge in [-0.1, -0.05) is 0 Å². The van der Waals surface area contributed by atoms with E-state index in [0.29, 0.717) is 0 Å². The van der Waals surface area contributed by atoms with E-state index in [2.05, 4.69) is 10.6 Å². The average Bonchev–Trinajstić information content (AvgIpc) is 2.87. The maximum Gasteiger partial charge on any atom is 0.407 e. The van der Waals surface area contributed by atoms with Crippen molar-refractivity contribution in [1.29, 1.82) is 0 Å². The summed E-state index contributed by atoms with van der Waals surface area (Å²) in [5, 5.41) is 5.32. The lowest BCUT2D eigenvalue weighted by Gasteiger charge is -2.27. The first-order chi connectivity index (χ1) is 12.0. The minimum absolute atomic E-state index is 0.191. The molecule has 0 saturated heterocycles. The molecule has 1 unspecified atom stereocenters. The molecule has 0 spiro atoms. The second-order valence-electron chi connectivity index (χ2n) is 7.28. The molecular formula is C17H28N2O7. The van der Waals surface area contributed by atoms with Gasteiger partial charge in [-0.15, -0.1) is 0 Å². The number of methoxy groups -OCH3 is 2. The molecule has 0 heterocycles. The Hall–Kier alpha value is -2.32. The molecule has 1 aliphatic carbocycles. The van der Waals surface area contributed by atoms with Gasteiger partial charge >= 0.3 is 18.0 Å². The highest BCUT2D eigenvalue weighted by atomic mass is 16.6. The number of ether oxygens (including phenoxy) is 3. The summed E-state index contributed by atoms with van der Waals surface area (Å²) in [6.07, 6.45) is -0.456. The van der Waals surface area contributed by atoms with Gasteiger partial charge < -0.3 is 24.8 Å². The molecule has 2 N–H and O–H groups in total. The van der Waals surface area contributed by atoms with Gasteiger partial charge in [0.2, 0.25) is 5.91 Å². The van der Waals surface area contributed by atoms with E-state index >= 15 is 0 Å². The van der Waals surface area contributed by atoms with E-state index in [1.54, 1.807) is 20.8 Å². The van der Waals surface area contributed by atoms with Crippen molar-refractivity contribution in [2.75, 3.05) is 20.8 Å². The molecule has 0 radical (unpaired) electrons. The molecule has 9 heteroatoms. The minimum atomic E-state index is -0.932. The van der Waals surface area contributed by atoms with Crippen LogP contribution in [0.15, 0.2) is 0 Å². The maximum atomic E-state index is 12.3. The number of alkyl carbamates (subject to hydrolysis) is 1. The zero-order valence-electron chi connectivity index (χ0n) is 16.1. The van der Waals surface area contributed by atoms with E-state index in [9.17, 15) is 19.2 Å². The van der Waals surface area contributed by atoms with Gasteiger partial charge in [0.15, 0.2) is 0 Å². The molecule has 0 aromatic heterocycles. The summed E-state index contributed by atoms with van der Waals surface area (Å²) in [6, 6.07) is -0.742. The SMILES string of the molecule is COC(=O)C1C[C@H](CNC(C)=O)[C@H](NC(=O)OC(C)(C)C)[C@H]1C(=O)OC. The number of hydrogen-bond donors (Lipinski definition) is 2. The standard InChI is InChI=1S/C17H28N2O7/c1-9(20)18-8-10-7-11(14(21)24-5)12(15(22)25-6)13(10)19-16(23)26-17(2,3)4/h10-13H,7-8H2,1-6H3,(H,18,20)(H,19,23)/t10-,11?,12+,13+/m1/s1. The Kier molecular flexibility index (Phi) is 7.41. The van der Waals surface area contributed by atoms with Gasteiger partial charge in [-0.3, -0.25) is 14.4 Å². The topological polar surface area (TPSA) is 120 Å². The Labute approximate surface area is 153 Å². The summed E-state index contributed by atoms with van der Waals surface area (Å²) in [5.74, 6) is -3.53. The third-order valence-electron chi connectivity index (χ3n) is 4.16. The van der Waals surface area contributed by atoms with E-state index in [4.69, 9.17) is 14.2 Å². The van der Waals surface area contributed by atoms with Crippen LogP contribution in [-0.4, -0.2) is 56.3 Å². The van der Waals surface area contributed by atoms with Crippen LogP contribution in [0.2, 0.25) is 0 Å². The summed E-state index contributed by atoms with van der Waals surface area (Å²) >= 11 is 0. The predicted octanol–water partition coefficient (Wildman–Crippen LogP) is 0.614. The van der Waals surface area contributed by atoms with Crippen LogP contribution in [0.3, 0.4) is 0 Å². The third kappa shape index (κ3) is 5.89. The van der Waals surface area contributed by atoms with E-state index < -0.39 is 41.5 Å². The van der Waals surface area contributed by atoms with Crippen molar-refractivity contribution >= 4 is 23.9 Å². The van der Waals surface area contributed by atoms with Gasteiger partial charge in [-0.05, 0) is 33.1 Å². The van der Waals surface area contributed by atoms with Crippen LogP contribution in [0.5, 0.6) is 0 Å². The Morgan fingerprint density at radius 2 is 1.62 bits per heavy atom. The lowest BCUT2D eigenvalue weighted by atomic mass is 9.93. The fourth-order valence-electron chi connectivity index (χ4n) is 3.14. The zero-order chi connectivity index (χ0) is 20.1. The molecule has 0 aromatic rings. The predicted molar refractivity (Wildman–Crippen MR) is 91.0 cm³/mol. The molecule has 0 aliphatic heterocycles. The van der Waals surface area contributed by atoms with E-state index in [-0.39, 0.29) is 24.8 Å². The molecule has 9 nitrogen and oxygen atoms in total. The van der Waals surface area contributed by atoms with Gasteiger partial charge in [0.25, 0.3) is 0 Å². The Morgan fingerprint density at radius 3 is 2.08 bits per heavy atom. The van der Waals surface area contributed by atoms with Gasteiger partial charge in [0.05, 0.1) is 32.1 Å². The van der Waals surface area contributed by atoms with Crippen LogP contribution in [0, 0.1) is 17.8 Å². The molecule has 1 saturated carbocycles. The molecule has 1 fully saturated rings. The van der Waals surface area contributed by atoms with Crippen LogP contribution in [0.4, 0.5) is 4.79 Å². The van der Waals surface area contributed by atoms with Crippen LogP contribution >= 0.6 is 0 Å². The molecule has 1 aliphatic rings. The Morgan fingerprint density at radius 1 is 1.04 bits per heavy atom. The number of esters is 2. The van der Waals surface area contributed by atoms with Crippen molar-refractivity contribution in [1.82, 2.24) is 10.6 Å². The molecule has 0 aromatic carbocycles. The number of rotatable bonds is 5. The second kappa shape index (κ2) is 8.86. The summed E-state index contributed by atoms with van der Waals surface area (Å²) < 4.78 is 14.9. The van der Waals surface area contributed by atoms with Crippen LogP contribution in [0.25, 0.3) is 0 Å². The van der Waals surface area contributed by atoms with Crippen molar-refractivity contribution in [3.63, 3.8) is 0 Å². The van der Waals surface area contributed by atoms with Crippen molar-refractivity contribution in [2.45, 2.75) is 45.8 Å². The monoisotopic (exact) mass is 372 g/mol. The van der Waals surface area contributed by atoms with Crippen LogP contribution < -0.4 is 10.6 Å². The zero-order valence-corrected chi connectivity index (χ0v) is 16.1. The number of amides is 2. The third-order valence-corrected chi connectivity index (χ3v) is 4.16. The molecule has 148 valence electrons. The van der Waals surface area contributed by atoms with E-state index in [0.717, 1.165) is 0 Å². The fourth-order valence-corrected chi connectivity index (χ4v) is 3.14. The number of carbonyl (C=O) groups is 4. The molecule has 0 bridgehead atoms. The first-order valence-corrected chi connectivity index (χ1v) is 8.39. The molecule has 26 heavy (non-hydrogen) atoms. The first kappa shape index (κ1) is 21.7. The highest BCUT2D eigenvalue weighted by Gasteiger charge is 2.52. The summed E-state index contributed by atoms with van der Waals surface area (Å²) in [5.41, 5.74) is -0.724. The summed E-state index contributed by atoms with van der Waals surface area (Å²) in [7, 11) is 2.44. The highest BCUT2D eigenvalue weighted by Crippen LogP contribution is 2.38. The van der Waals surface area contributed by atoms with Gasteiger partial charge in [0, 0.05) is 13.5 Å². The molecule has 1 rings (SSSR count). The lowest BCUT2D eigenvalue weighted by Crippen LogP contribution is -2.49. The van der Waals surface area contributed by atoms with Crippen molar-refractivity contribution < 1.29 is 33.4 Å². The first-order valence-electron chi connectivity index (χ1n) is 8.39. The summed E-state index contributed by atoms with van der Waals surface area (Å²) in [6.45, 7) is 6.69. The van der Waals surface area contributed by atoms with E-state index in [1.807, 2.05) is 0 Å². The van der Waals surface area contributed by atoms with Crippen LogP contribution in [0.1, 0.15) is 34.1 Å². The number of carbonyl (C=O) groups excluding carboxylic acids is 4. The molecular weight excluding hydrogens is 344 g/mol. The van der Waals surface area contributed by atoms with Gasteiger partial charge in [0.1, 0.15) is 5.60 Å². The number of nitrogens with one attached hydrogen (secondary N) is 2. The smallest absolute Gasteiger partial charge is 0.407 e. The van der Waals surface area contributed by atoms with Gasteiger partial charge in [-0.2, -0.15) is 0 Å². The van der Waals surface area contributed by atoms with Crippen molar-refractivity contribution in [3.8, 4) is 0 Å². The molecule has 4 atom stereocenters. The highest BCUT2D eigenvalue weighted by molar-refractivity contribution is 5.84. The Balaban J connectivity index is 3.10. The van der Waals surface area contributed by atoms with Crippen LogP contribution in [-0.2, 0) is 28.6 Å². The van der Waals surface area contributed by atoms with E-state index in [1.165, 1.54) is 21.1 Å². The maximum absolute atomic E-state index is 12.3. The lowest BCUT2D eigenvalue weighted by molar-refractivity contribution is -0.156. The Bertz CT molecular complexity index is 556. The summed E-state index contributed by atoms with van der Waals surface area (Å²) in [4.78, 5) is 47.9. The normalized spacial score (nSPS) is 25.2. The number of hydrogen-bond acceptors (Lipinski definition) is 7.